The fraction of sp³-hybridized carbons (Fsp3) is 0.348. The number of nitrogens with zero attached hydrogens (tertiary/aromatic N) is 4. The van der Waals surface area contributed by atoms with Crippen LogP contribution in [-0.4, -0.2) is 45.0 Å². The SMILES string of the molecule is O=C(CCOc1ccccc1F)N1CCC(c2nccn2Cc2ccccn2)CC1. The maximum Gasteiger partial charge on any atom is 0.225 e. The Kier molecular flexibility index (Phi) is 6.37. The fourth-order valence-electron chi connectivity index (χ4n) is 3.84. The molecule has 0 bridgehead atoms. The second-order valence-corrected chi connectivity index (χ2v) is 7.42. The lowest BCUT2D eigenvalue weighted by Crippen LogP contribution is -2.39. The zero-order valence-corrected chi connectivity index (χ0v) is 16.8. The van der Waals surface area contributed by atoms with E-state index in [1.165, 1.54) is 6.07 Å². The summed E-state index contributed by atoms with van der Waals surface area (Å²) in [6.45, 7) is 2.26. The third-order valence-electron chi connectivity index (χ3n) is 5.43. The highest BCUT2D eigenvalue weighted by molar-refractivity contribution is 5.76. The third-order valence-corrected chi connectivity index (χ3v) is 5.43. The summed E-state index contributed by atoms with van der Waals surface area (Å²) in [4.78, 5) is 23.3. The first kappa shape index (κ1) is 20.1. The van der Waals surface area contributed by atoms with Gasteiger partial charge in [0.1, 0.15) is 5.82 Å². The minimum Gasteiger partial charge on any atom is -0.490 e. The molecule has 0 radical (unpaired) electrons. The highest BCUT2D eigenvalue weighted by Crippen LogP contribution is 2.27. The van der Waals surface area contributed by atoms with Gasteiger partial charge >= 0.3 is 0 Å². The normalized spacial score (nSPS) is 14.6. The van der Waals surface area contributed by atoms with Gasteiger partial charge < -0.3 is 14.2 Å². The molecule has 0 aliphatic carbocycles. The van der Waals surface area contributed by atoms with Gasteiger partial charge in [-0.05, 0) is 37.1 Å². The van der Waals surface area contributed by atoms with Crippen molar-refractivity contribution in [2.75, 3.05) is 19.7 Å². The minimum absolute atomic E-state index is 0.0432. The second-order valence-electron chi connectivity index (χ2n) is 7.42. The highest BCUT2D eigenvalue weighted by Gasteiger charge is 2.26. The smallest absolute Gasteiger partial charge is 0.225 e. The predicted molar refractivity (Wildman–Crippen MR) is 111 cm³/mol. The number of pyridine rings is 1. The number of halogens is 1. The van der Waals surface area contributed by atoms with Gasteiger partial charge in [-0.25, -0.2) is 9.37 Å². The Bertz CT molecular complexity index is 968. The maximum absolute atomic E-state index is 13.6. The number of hydrogen-bond acceptors (Lipinski definition) is 4. The van der Waals surface area contributed by atoms with Crippen LogP contribution >= 0.6 is 0 Å². The molecular formula is C23H25FN4O2. The molecule has 7 heteroatoms. The number of benzene rings is 1. The summed E-state index contributed by atoms with van der Waals surface area (Å²) >= 11 is 0. The molecule has 3 aromatic rings. The van der Waals surface area contributed by atoms with E-state index in [1.54, 1.807) is 24.4 Å². The number of aromatic nitrogens is 3. The molecule has 0 N–H and O–H groups in total. The average Bonchev–Trinajstić information content (AvgIpc) is 3.24. The number of imidazole rings is 1. The number of para-hydroxylation sites is 1. The van der Waals surface area contributed by atoms with E-state index in [0.717, 1.165) is 24.4 Å². The van der Waals surface area contributed by atoms with Gasteiger partial charge in [0.2, 0.25) is 5.91 Å². The molecule has 1 aromatic carbocycles. The van der Waals surface area contributed by atoms with E-state index >= 15 is 0 Å². The van der Waals surface area contributed by atoms with Gasteiger partial charge in [-0.1, -0.05) is 18.2 Å². The van der Waals surface area contributed by atoms with Crippen LogP contribution in [0.2, 0.25) is 0 Å². The molecule has 156 valence electrons. The van der Waals surface area contributed by atoms with Gasteiger partial charge in [-0.2, -0.15) is 0 Å². The summed E-state index contributed by atoms with van der Waals surface area (Å²) in [5, 5.41) is 0. The fourth-order valence-corrected chi connectivity index (χ4v) is 3.84. The van der Waals surface area contributed by atoms with Crippen molar-refractivity contribution in [1.82, 2.24) is 19.4 Å². The van der Waals surface area contributed by atoms with Gasteiger partial charge in [0.15, 0.2) is 11.6 Å². The average molecular weight is 408 g/mol. The molecule has 0 atom stereocenters. The molecule has 0 saturated carbocycles. The molecule has 0 unspecified atom stereocenters. The molecule has 30 heavy (non-hydrogen) atoms. The van der Waals surface area contributed by atoms with Crippen molar-refractivity contribution < 1.29 is 13.9 Å². The first-order chi connectivity index (χ1) is 14.7. The van der Waals surface area contributed by atoms with Crippen LogP contribution in [0.15, 0.2) is 61.1 Å². The molecule has 4 rings (SSSR count). The number of ether oxygens (including phenoxy) is 1. The molecule has 1 amide bonds. The summed E-state index contributed by atoms with van der Waals surface area (Å²) in [6, 6.07) is 12.1. The van der Waals surface area contributed by atoms with Crippen LogP contribution in [0.1, 0.15) is 36.7 Å². The third kappa shape index (κ3) is 4.84. The lowest BCUT2D eigenvalue weighted by molar-refractivity contribution is -0.132. The van der Waals surface area contributed by atoms with Gasteiger partial charge in [0, 0.05) is 37.6 Å². The standard InChI is InChI=1S/C23H25FN4O2/c24-20-6-1-2-7-21(20)30-16-10-22(29)27-13-8-18(9-14-27)23-26-12-15-28(23)17-19-5-3-4-11-25-19/h1-7,11-12,15,18H,8-10,13-14,16-17H2. The van der Waals surface area contributed by atoms with Crippen molar-refractivity contribution in [3.05, 3.63) is 78.4 Å². The van der Waals surface area contributed by atoms with Crippen molar-refractivity contribution in [3.8, 4) is 5.75 Å². The van der Waals surface area contributed by atoms with Gasteiger partial charge in [-0.3, -0.25) is 9.78 Å². The van der Waals surface area contributed by atoms with E-state index in [1.807, 2.05) is 35.5 Å². The zero-order valence-electron chi connectivity index (χ0n) is 16.8. The first-order valence-electron chi connectivity index (χ1n) is 10.3. The minimum atomic E-state index is -0.410. The van der Waals surface area contributed by atoms with Gasteiger partial charge in [-0.15, -0.1) is 0 Å². The van der Waals surface area contributed by atoms with E-state index in [-0.39, 0.29) is 24.7 Å². The van der Waals surface area contributed by atoms with Crippen LogP contribution < -0.4 is 4.74 Å². The summed E-state index contributed by atoms with van der Waals surface area (Å²) in [7, 11) is 0. The molecule has 2 aromatic heterocycles. The number of hydrogen-bond donors (Lipinski definition) is 0. The number of amides is 1. The van der Waals surface area contributed by atoms with Crippen LogP contribution in [0.3, 0.4) is 0 Å². The molecule has 6 nitrogen and oxygen atoms in total. The topological polar surface area (TPSA) is 60.2 Å². The van der Waals surface area contributed by atoms with E-state index in [0.29, 0.717) is 25.6 Å². The van der Waals surface area contributed by atoms with Crippen LogP contribution in [0, 0.1) is 5.82 Å². The molecular weight excluding hydrogens is 383 g/mol. The summed E-state index contributed by atoms with van der Waals surface area (Å²) < 4.78 is 21.1. The van der Waals surface area contributed by atoms with Crippen LogP contribution in [-0.2, 0) is 11.3 Å². The lowest BCUT2D eigenvalue weighted by atomic mass is 9.95. The van der Waals surface area contributed by atoms with E-state index in [2.05, 4.69) is 14.5 Å². The molecule has 3 heterocycles. The number of carbonyl (C=O) groups excluding carboxylic acids is 1. The van der Waals surface area contributed by atoms with Gasteiger partial charge in [0.25, 0.3) is 0 Å². The van der Waals surface area contributed by atoms with E-state index < -0.39 is 5.82 Å². The zero-order chi connectivity index (χ0) is 20.8. The van der Waals surface area contributed by atoms with Crippen molar-refractivity contribution in [2.45, 2.75) is 31.7 Å². The summed E-state index contributed by atoms with van der Waals surface area (Å²) in [5.41, 5.74) is 0.999. The lowest BCUT2D eigenvalue weighted by Gasteiger charge is -2.32. The number of rotatable bonds is 7. The quantitative estimate of drug-likeness (QED) is 0.599. The van der Waals surface area contributed by atoms with Crippen molar-refractivity contribution >= 4 is 5.91 Å². The Labute approximate surface area is 175 Å². The number of likely N-dealkylation sites (tertiary alicyclic amines) is 1. The summed E-state index contributed by atoms with van der Waals surface area (Å²) in [6.07, 6.45) is 7.61. The molecule has 1 aliphatic rings. The largest absolute Gasteiger partial charge is 0.490 e. The predicted octanol–water partition coefficient (Wildman–Crippen LogP) is 3.64. The van der Waals surface area contributed by atoms with Crippen molar-refractivity contribution in [1.29, 1.82) is 0 Å². The highest BCUT2D eigenvalue weighted by atomic mass is 19.1. The van der Waals surface area contributed by atoms with Crippen LogP contribution in [0.4, 0.5) is 4.39 Å². The van der Waals surface area contributed by atoms with Crippen molar-refractivity contribution in [2.24, 2.45) is 0 Å². The monoisotopic (exact) mass is 408 g/mol. The Morgan fingerprint density at radius 3 is 2.63 bits per heavy atom. The Balaban J connectivity index is 1.26. The molecule has 1 aliphatic heterocycles. The van der Waals surface area contributed by atoms with Crippen LogP contribution in [0.25, 0.3) is 0 Å². The Morgan fingerprint density at radius 2 is 1.87 bits per heavy atom. The van der Waals surface area contributed by atoms with Crippen LogP contribution in [0.5, 0.6) is 5.75 Å². The Morgan fingerprint density at radius 1 is 1.07 bits per heavy atom. The van der Waals surface area contributed by atoms with Crippen molar-refractivity contribution in [3.63, 3.8) is 0 Å². The number of piperidine rings is 1. The van der Waals surface area contributed by atoms with Gasteiger partial charge in [0.05, 0.1) is 25.3 Å². The maximum atomic E-state index is 13.6. The Hall–Kier alpha value is -3.22. The molecule has 1 saturated heterocycles. The number of carbonyl (C=O) groups is 1. The summed E-state index contributed by atoms with van der Waals surface area (Å²) in [5.74, 6) is 1.19. The van der Waals surface area contributed by atoms with E-state index in [4.69, 9.17) is 4.74 Å². The molecule has 0 spiro atoms. The first-order valence-corrected chi connectivity index (χ1v) is 10.3. The second kappa shape index (κ2) is 9.52. The van der Waals surface area contributed by atoms with E-state index in [9.17, 15) is 9.18 Å². The molecule has 1 fully saturated rings.